The lowest BCUT2D eigenvalue weighted by Crippen LogP contribution is -2.37. The number of halogens is 3. The van der Waals surface area contributed by atoms with Gasteiger partial charge in [0.1, 0.15) is 5.75 Å². The Morgan fingerprint density at radius 3 is 2.53 bits per heavy atom. The van der Waals surface area contributed by atoms with E-state index in [2.05, 4.69) is 4.74 Å². The number of carbonyl (C=O) groups excluding carboxylic acids is 1. The zero-order valence-corrected chi connectivity index (χ0v) is 21.3. The number of sulfonamides is 1. The Morgan fingerprint density at radius 2 is 1.92 bits per heavy atom. The molecule has 2 aromatic carbocycles. The zero-order valence-electron chi connectivity index (χ0n) is 20.5. The second-order valence-corrected chi connectivity index (χ2v) is 11.5. The molecule has 196 valence electrons. The van der Waals surface area contributed by atoms with Crippen molar-refractivity contribution in [1.29, 1.82) is 0 Å². The first-order valence-corrected chi connectivity index (χ1v) is 13.4. The highest BCUT2D eigenvalue weighted by Crippen LogP contribution is 2.49. The van der Waals surface area contributed by atoms with Crippen molar-refractivity contribution in [2.24, 2.45) is 0 Å². The van der Waals surface area contributed by atoms with Crippen LogP contribution in [0.3, 0.4) is 0 Å². The van der Waals surface area contributed by atoms with Crippen LogP contribution in [-0.2, 0) is 37.6 Å². The highest BCUT2D eigenvalue weighted by Gasteiger charge is 2.43. The van der Waals surface area contributed by atoms with Gasteiger partial charge in [0.05, 0.1) is 23.6 Å². The number of hydrogen-bond acceptors (Lipinski definition) is 5. The lowest BCUT2D eigenvalue weighted by Gasteiger charge is -2.35. The number of benzene rings is 2. The fourth-order valence-electron chi connectivity index (χ4n) is 4.85. The van der Waals surface area contributed by atoms with E-state index in [9.17, 15) is 26.4 Å². The number of carbonyl (C=O) groups is 1. The van der Waals surface area contributed by atoms with E-state index in [0.717, 1.165) is 36.1 Å². The molecule has 0 spiro atoms. The third-order valence-electron chi connectivity index (χ3n) is 7.20. The summed E-state index contributed by atoms with van der Waals surface area (Å²) in [7, 11) is -3.00. The van der Waals surface area contributed by atoms with Gasteiger partial charge in [-0.05, 0) is 78.5 Å². The number of alkyl halides is 3. The summed E-state index contributed by atoms with van der Waals surface area (Å²) in [5.41, 5.74) is 0.531. The first-order valence-electron chi connectivity index (χ1n) is 12.0. The van der Waals surface area contributed by atoms with Crippen LogP contribution in [0.2, 0.25) is 0 Å². The highest BCUT2D eigenvalue weighted by atomic mass is 32.2. The third kappa shape index (κ3) is 5.11. The maximum atomic E-state index is 13.9. The van der Waals surface area contributed by atoms with Crippen molar-refractivity contribution in [2.75, 3.05) is 20.3 Å². The lowest BCUT2D eigenvalue weighted by molar-refractivity contribution is -0.143. The van der Waals surface area contributed by atoms with Crippen LogP contribution in [0.5, 0.6) is 5.75 Å². The van der Waals surface area contributed by atoms with E-state index in [1.165, 1.54) is 17.5 Å². The van der Waals surface area contributed by atoms with Crippen LogP contribution in [0.25, 0.3) is 0 Å². The zero-order chi connectivity index (χ0) is 26.3. The van der Waals surface area contributed by atoms with Crippen molar-refractivity contribution >= 4 is 16.0 Å². The van der Waals surface area contributed by atoms with Crippen LogP contribution >= 0.6 is 0 Å². The number of esters is 1. The summed E-state index contributed by atoms with van der Waals surface area (Å²) < 4.78 is 80.4. The summed E-state index contributed by atoms with van der Waals surface area (Å²) in [4.78, 5) is 11.2. The topological polar surface area (TPSA) is 72.9 Å². The molecule has 1 saturated carbocycles. The molecule has 2 aliphatic carbocycles. The molecule has 0 N–H and O–H groups in total. The predicted octanol–water partition coefficient (Wildman–Crippen LogP) is 5.40. The SMILES string of the molecule is CCN(C1CCCc2c(OCC(=O)OC)cccc21)S(=O)(=O)c1cc(C(F)(F)F)cc(C2(C)CC2)c1. The normalized spacial score (nSPS) is 19.0. The quantitative estimate of drug-likeness (QED) is 0.432. The van der Waals surface area contributed by atoms with Crippen molar-refractivity contribution in [1.82, 2.24) is 4.31 Å². The molecule has 1 atom stereocenters. The molecule has 10 heteroatoms. The van der Waals surface area contributed by atoms with Crippen molar-refractivity contribution in [3.8, 4) is 5.75 Å². The number of rotatable bonds is 8. The summed E-state index contributed by atoms with van der Waals surface area (Å²) >= 11 is 0. The van der Waals surface area contributed by atoms with E-state index in [-0.39, 0.29) is 18.0 Å². The van der Waals surface area contributed by atoms with Gasteiger partial charge in [0.15, 0.2) is 6.61 Å². The van der Waals surface area contributed by atoms with E-state index in [0.29, 0.717) is 30.6 Å². The highest BCUT2D eigenvalue weighted by molar-refractivity contribution is 7.89. The van der Waals surface area contributed by atoms with Gasteiger partial charge >= 0.3 is 12.1 Å². The van der Waals surface area contributed by atoms with Gasteiger partial charge in [-0.15, -0.1) is 0 Å². The van der Waals surface area contributed by atoms with Crippen LogP contribution in [0.4, 0.5) is 13.2 Å². The molecule has 0 aromatic heterocycles. The summed E-state index contributed by atoms with van der Waals surface area (Å²) in [5.74, 6) is -0.0681. The maximum Gasteiger partial charge on any atom is 0.416 e. The summed E-state index contributed by atoms with van der Waals surface area (Å²) in [6.45, 7) is 3.34. The molecule has 4 rings (SSSR count). The molecule has 1 unspecified atom stereocenters. The molecule has 0 bridgehead atoms. The average molecular weight is 526 g/mol. The van der Waals surface area contributed by atoms with Crippen LogP contribution in [-0.4, -0.2) is 39.0 Å². The summed E-state index contributed by atoms with van der Waals surface area (Å²) in [6.07, 6.45) is -1.41. The smallest absolute Gasteiger partial charge is 0.416 e. The first kappa shape index (κ1) is 26.5. The Bertz CT molecular complexity index is 1230. The Balaban J connectivity index is 1.74. The van der Waals surface area contributed by atoms with Gasteiger partial charge < -0.3 is 9.47 Å². The monoisotopic (exact) mass is 525 g/mol. The van der Waals surface area contributed by atoms with Crippen molar-refractivity contribution in [3.63, 3.8) is 0 Å². The summed E-state index contributed by atoms with van der Waals surface area (Å²) in [6, 6.07) is 7.89. The van der Waals surface area contributed by atoms with E-state index in [4.69, 9.17) is 4.74 Å². The van der Waals surface area contributed by atoms with Gasteiger partial charge in [0.2, 0.25) is 10.0 Å². The standard InChI is InChI=1S/C26H30F3NO5S/c1-4-30(22-9-5-8-21-20(22)7-6-10-23(21)35-16-24(31)34-3)36(32,33)19-14-17(25(2)11-12-25)13-18(15-19)26(27,28)29/h6-7,10,13-15,22H,4-5,8-9,11-12,16H2,1-3H3. The molecular formula is C26H30F3NO5S. The largest absolute Gasteiger partial charge is 0.482 e. The van der Waals surface area contributed by atoms with Gasteiger partial charge in [0, 0.05) is 6.54 Å². The van der Waals surface area contributed by atoms with Crippen LogP contribution in [0, 0.1) is 0 Å². The second-order valence-electron chi connectivity index (χ2n) is 9.61. The molecule has 0 saturated heterocycles. The molecule has 36 heavy (non-hydrogen) atoms. The Morgan fingerprint density at radius 1 is 1.19 bits per heavy atom. The van der Waals surface area contributed by atoms with Gasteiger partial charge in [-0.1, -0.05) is 26.0 Å². The van der Waals surface area contributed by atoms with Gasteiger partial charge in [-0.2, -0.15) is 17.5 Å². The number of fused-ring (bicyclic) bond motifs is 1. The van der Waals surface area contributed by atoms with Crippen LogP contribution in [0.15, 0.2) is 41.3 Å². The van der Waals surface area contributed by atoms with E-state index in [1.54, 1.807) is 19.1 Å². The van der Waals surface area contributed by atoms with Gasteiger partial charge in [-0.25, -0.2) is 13.2 Å². The van der Waals surface area contributed by atoms with Crippen LogP contribution in [0.1, 0.15) is 67.8 Å². The lowest BCUT2D eigenvalue weighted by atomic mass is 9.87. The Kier molecular flexibility index (Phi) is 7.13. The maximum absolute atomic E-state index is 13.9. The van der Waals surface area contributed by atoms with E-state index >= 15 is 0 Å². The molecule has 0 heterocycles. The minimum Gasteiger partial charge on any atom is -0.482 e. The molecule has 2 aliphatic rings. The Hall–Kier alpha value is -2.59. The van der Waals surface area contributed by atoms with Crippen molar-refractivity contribution in [2.45, 2.75) is 68.5 Å². The van der Waals surface area contributed by atoms with Crippen LogP contribution < -0.4 is 4.74 Å². The number of methoxy groups -OCH3 is 1. The first-order chi connectivity index (χ1) is 16.9. The molecule has 0 radical (unpaired) electrons. The number of ether oxygens (including phenoxy) is 2. The van der Waals surface area contributed by atoms with Gasteiger partial charge in [-0.3, -0.25) is 0 Å². The predicted molar refractivity (Wildman–Crippen MR) is 127 cm³/mol. The third-order valence-corrected chi connectivity index (χ3v) is 9.16. The number of hydrogen-bond donors (Lipinski definition) is 0. The molecule has 1 fully saturated rings. The van der Waals surface area contributed by atoms with Crippen molar-refractivity contribution < 1.29 is 35.9 Å². The average Bonchev–Trinajstić information content (AvgIpc) is 3.60. The molecule has 2 aromatic rings. The Labute approximate surface area is 209 Å². The second kappa shape index (κ2) is 9.70. The van der Waals surface area contributed by atoms with Gasteiger partial charge in [0.25, 0.3) is 0 Å². The fourth-order valence-corrected chi connectivity index (χ4v) is 6.57. The minimum absolute atomic E-state index is 0.0858. The van der Waals surface area contributed by atoms with E-state index in [1.807, 2.05) is 13.0 Å². The van der Waals surface area contributed by atoms with E-state index < -0.39 is 39.2 Å². The molecular weight excluding hydrogens is 495 g/mol. The molecule has 0 aliphatic heterocycles. The molecule has 6 nitrogen and oxygen atoms in total. The fraction of sp³-hybridized carbons (Fsp3) is 0.500. The minimum atomic E-state index is -4.66. The molecule has 0 amide bonds. The number of nitrogens with zero attached hydrogens (tertiary/aromatic N) is 1. The van der Waals surface area contributed by atoms with Crippen molar-refractivity contribution in [3.05, 3.63) is 58.7 Å². The summed E-state index contributed by atoms with van der Waals surface area (Å²) in [5, 5.41) is 0.